The molecule has 1 aromatic heterocycles. The molecule has 2 aliphatic rings. The standard InChI is InChI=1S/C21H26N4O3/c1-23-9-6-18(22-23)20(27)24-10-7-21(8-11-24)13-19(26)25(15-21)14-16-4-3-5-17(12-16)28-2/h3-6,9,12H,7-8,10-11,13-15H2,1-2H3. The van der Waals surface area contributed by atoms with E-state index in [1.165, 1.54) is 0 Å². The topological polar surface area (TPSA) is 67.7 Å². The molecular weight excluding hydrogens is 356 g/mol. The number of rotatable bonds is 4. The van der Waals surface area contributed by atoms with Gasteiger partial charge in [-0.2, -0.15) is 5.10 Å². The van der Waals surface area contributed by atoms with Gasteiger partial charge in [0.15, 0.2) is 0 Å². The fraction of sp³-hybridized carbons (Fsp3) is 0.476. The average molecular weight is 382 g/mol. The second-order valence-corrected chi connectivity index (χ2v) is 7.94. The van der Waals surface area contributed by atoms with Crippen LogP contribution in [0.25, 0.3) is 0 Å². The van der Waals surface area contributed by atoms with Crippen molar-refractivity contribution in [1.29, 1.82) is 0 Å². The third kappa shape index (κ3) is 3.61. The summed E-state index contributed by atoms with van der Waals surface area (Å²) >= 11 is 0. The van der Waals surface area contributed by atoms with E-state index < -0.39 is 0 Å². The molecule has 2 fully saturated rings. The van der Waals surface area contributed by atoms with Gasteiger partial charge in [-0.05, 0) is 36.6 Å². The van der Waals surface area contributed by atoms with Crippen molar-refractivity contribution in [3.8, 4) is 5.75 Å². The Kier molecular flexibility index (Phi) is 4.83. The molecule has 0 bridgehead atoms. The molecule has 2 aromatic rings. The predicted octanol–water partition coefficient (Wildman–Crippen LogP) is 2.08. The summed E-state index contributed by atoms with van der Waals surface area (Å²) in [5.74, 6) is 0.987. The first-order chi connectivity index (χ1) is 13.5. The van der Waals surface area contributed by atoms with Crippen LogP contribution in [0.3, 0.4) is 0 Å². The van der Waals surface area contributed by atoms with Crippen molar-refractivity contribution in [2.45, 2.75) is 25.8 Å². The van der Waals surface area contributed by atoms with Crippen LogP contribution in [0.4, 0.5) is 0 Å². The Morgan fingerprint density at radius 1 is 1.25 bits per heavy atom. The smallest absolute Gasteiger partial charge is 0.274 e. The Labute approximate surface area is 164 Å². The molecule has 28 heavy (non-hydrogen) atoms. The summed E-state index contributed by atoms with van der Waals surface area (Å²) in [5.41, 5.74) is 1.55. The highest BCUT2D eigenvalue weighted by Gasteiger charge is 2.45. The number of hydrogen-bond acceptors (Lipinski definition) is 4. The van der Waals surface area contributed by atoms with E-state index in [1.807, 2.05) is 41.1 Å². The molecule has 7 nitrogen and oxygen atoms in total. The number of carbonyl (C=O) groups excluding carboxylic acids is 2. The molecule has 0 saturated carbocycles. The van der Waals surface area contributed by atoms with E-state index in [1.54, 1.807) is 24.1 Å². The van der Waals surface area contributed by atoms with Crippen LogP contribution in [0.15, 0.2) is 36.5 Å². The van der Waals surface area contributed by atoms with Crippen molar-refractivity contribution in [2.75, 3.05) is 26.7 Å². The number of likely N-dealkylation sites (tertiary alicyclic amines) is 2. The fourth-order valence-corrected chi connectivity index (χ4v) is 4.33. The van der Waals surface area contributed by atoms with Crippen LogP contribution in [0, 0.1) is 5.41 Å². The lowest BCUT2D eigenvalue weighted by atomic mass is 9.77. The monoisotopic (exact) mass is 382 g/mol. The third-order valence-corrected chi connectivity index (χ3v) is 5.96. The summed E-state index contributed by atoms with van der Waals surface area (Å²) in [6.07, 6.45) is 4.06. The van der Waals surface area contributed by atoms with Crippen molar-refractivity contribution in [1.82, 2.24) is 19.6 Å². The van der Waals surface area contributed by atoms with Crippen LogP contribution in [0.2, 0.25) is 0 Å². The minimum Gasteiger partial charge on any atom is -0.497 e. The van der Waals surface area contributed by atoms with Gasteiger partial charge in [0.05, 0.1) is 7.11 Å². The van der Waals surface area contributed by atoms with Gasteiger partial charge in [-0.1, -0.05) is 12.1 Å². The van der Waals surface area contributed by atoms with Gasteiger partial charge in [0, 0.05) is 51.3 Å². The lowest BCUT2D eigenvalue weighted by Crippen LogP contribution is -2.44. The maximum Gasteiger partial charge on any atom is 0.274 e. The largest absolute Gasteiger partial charge is 0.497 e. The molecule has 7 heteroatoms. The summed E-state index contributed by atoms with van der Waals surface area (Å²) in [7, 11) is 3.46. The number of aromatic nitrogens is 2. The Bertz CT molecular complexity index is 883. The van der Waals surface area contributed by atoms with Crippen LogP contribution in [-0.4, -0.2) is 58.1 Å². The van der Waals surface area contributed by atoms with Gasteiger partial charge in [0.25, 0.3) is 5.91 Å². The number of piperidine rings is 1. The highest BCUT2D eigenvalue weighted by Crippen LogP contribution is 2.41. The molecule has 0 radical (unpaired) electrons. The van der Waals surface area contributed by atoms with Crippen molar-refractivity contribution in [3.63, 3.8) is 0 Å². The highest BCUT2D eigenvalue weighted by atomic mass is 16.5. The molecule has 4 rings (SSSR count). The molecular formula is C21H26N4O3. The molecule has 3 heterocycles. The van der Waals surface area contributed by atoms with Gasteiger partial charge in [0.1, 0.15) is 11.4 Å². The van der Waals surface area contributed by atoms with Crippen LogP contribution in [-0.2, 0) is 18.4 Å². The Hall–Kier alpha value is -2.83. The number of nitrogens with zero attached hydrogens (tertiary/aromatic N) is 4. The van der Waals surface area contributed by atoms with Crippen LogP contribution < -0.4 is 4.74 Å². The second kappa shape index (κ2) is 7.30. The fourth-order valence-electron chi connectivity index (χ4n) is 4.33. The van der Waals surface area contributed by atoms with Crippen molar-refractivity contribution in [2.24, 2.45) is 12.5 Å². The van der Waals surface area contributed by atoms with Crippen molar-refractivity contribution in [3.05, 3.63) is 47.8 Å². The van der Waals surface area contributed by atoms with Gasteiger partial charge >= 0.3 is 0 Å². The minimum atomic E-state index is -0.0204. The van der Waals surface area contributed by atoms with Crippen molar-refractivity contribution >= 4 is 11.8 Å². The lowest BCUT2D eigenvalue weighted by Gasteiger charge is -2.38. The molecule has 0 atom stereocenters. The molecule has 0 aliphatic carbocycles. The normalized spacial score (nSPS) is 18.7. The first kappa shape index (κ1) is 18.5. The molecule has 1 spiro atoms. The minimum absolute atomic E-state index is 0.0170. The number of amides is 2. The zero-order valence-electron chi connectivity index (χ0n) is 16.4. The van der Waals surface area contributed by atoms with Gasteiger partial charge in [-0.25, -0.2) is 0 Å². The summed E-state index contributed by atoms with van der Waals surface area (Å²) < 4.78 is 6.92. The SMILES string of the molecule is COc1cccc(CN2CC3(CCN(C(=O)c4ccn(C)n4)CC3)CC2=O)c1. The number of hydrogen-bond donors (Lipinski definition) is 0. The lowest BCUT2D eigenvalue weighted by molar-refractivity contribution is -0.128. The molecule has 0 N–H and O–H groups in total. The summed E-state index contributed by atoms with van der Waals surface area (Å²) in [6, 6.07) is 9.61. The first-order valence-corrected chi connectivity index (χ1v) is 9.68. The van der Waals surface area contributed by atoms with Gasteiger partial charge < -0.3 is 14.5 Å². The molecule has 2 aliphatic heterocycles. The molecule has 0 unspecified atom stereocenters. The number of ether oxygens (including phenoxy) is 1. The van der Waals surface area contributed by atoms with E-state index in [0.29, 0.717) is 31.7 Å². The Morgan fingerprint density at radius 3 is 2.71 bits per heavy atom. The van der Waals surface area contributed by atoms with E-state index in [2.05, 4.69) is 5.10 Å². The summed E-state index contributed by atoms with van der Waals surface area (Å²) in [6.45, 7) is 2.72. The van der Waals surface area contributed by atoms with Crippen LogP contribution in [0.5, 0.6) is 5.75 Å². The van der Waals surface area contributed by atoms with Gasteiger partial charge in [0.2, 0.25) is 5.91 Å². The van der Waals surface area contributed by atoms with E-state index in [4.69, 9.17) is 4.74 Å². The number of aryl methyl sites for hydroxylation is 1. The number of methoxy groups -OCH3 is 1. The maximum atomic E-state index is 12.6. The molecule has 2 amide bonds. The van der Waals surface area contributed by atoms with Crippen LogP contribution in [0.1, 0.15) is 35.3 Å². The average Bonchev–Trinajstić information content (AvgIpc) is 3.25. The Balaban J connectivity index is 1.38. The van der Waals surface area contributed by atoms with Gasteiger partial charge in [-0.3, -0.25) is 14.3 Å². The predicted molar refractivity (Wildman–Crippen MR) is 104 cm³/mol. The van der Waals surface area contributed by atoms with Gasteiger partial charge in [-0.15, -0.1) is 0 Å². The summed E-state index contributed by atoms with van der Waals surface area (Å²) in [4.78, 5) is 29.1. The van der Waals surface area contributed by atoms with E-state index >= 15 is 0 Å². The first-order valence-electron chi connectivity index (χ1n) is 9.68. The number of benzene rings is 1. The van der Waals surface area contributed by atoms with E-state index in [0.717, 1.165) is 30.7 Å². The third-order valence-electron chi connectivity index (χ3n) is 5.96. The zero-order chi connectivity index (χ0) is 19.7. The number of carbonyl (C=O) groups is 2. The Morgan fingerprint density at radius 2 is 2.04 bits per heavy atom. The highest BCUT2D eigenvalue weighted by molar-refractivity contribution is 5.92. The quantitative estimate of drug-likeness (QED) is 0.812. The molecule has 1 aromatic carbocycles. The summed E-state index contributed by atoms with van der Waals surface area (Å²) in [5, 5.41) is 4.21. The second-order valence-electron chi connectivity index (χ2n) is 7.94. The molecule has 148 valence electrons. The van der Waals surface area contributed by atoms with Crippen molar-refractivity contribution < 1.29 is 14.3 Å². The van der Waals surface area contributed by atoms with E-state index in [9.17, 15) is 9.59 Å². The van der Waals surface area contributed by atoms with E-state index in [-0.39, 0.29) is 17.2 Å². The zero-order valence-corrected chi connectivity index (χ0v) is 16.4. The maximum absolute atomic E-state index is 12.6. The molecule has 2 saturated heterocycles. The van der Waals surface area contributed by atoms with Crippen LogP contribution >= 0.6 is 0 Å².